The minimum atomic E-state index is 0.463. The van der Waals surface area contributed by atoms with Gasteiger partial charge < -0.3 is 10.1 Å². The highest BCUT2D eigenvalue weighted by molar-refractivity contribution is 8.00. The third-order valence-electron chi connectivity index (χ3n) is 3.64. The summed E-state index contributed by atoms with van der Waals surface area (Å²) in [6, 6.07) is 0.616. The minimum Gasteiger partial charge on any atom is -0.380 e. The first-order valence-electron chi connectivity index (χ1n) is 6.28. The van der Waals surface area contributed by atoms with Crippen molar-refractivity contribution in [2.24, 2.45) is 0 Å². The van der Waals surface area contributed by atoms with E-state index in [0.717, 1.165) is 5.25 Å². The Morgan fingerprint density at radius 2 is 2.07 bits per heavy atom. The van der Waals surface area contributed by atoms with Gasteiger partial charge in [0.05, 0.1) is 6.10 Å². The van der Waals surface area contributed by atoms with E-state index in [1.54, 1.807) is 0 Å². The Kier molecular flexibility index (Phi) is 4.79. The average Bonchev–Trinajstić information content (AvgIpc) is 2.79. The highest BCUT2D eigenvalue weighted by Gasteiger charge is 2.25. The van der Waals surface area contributed by atoms with E-state index in [-0.39, 0.29) is 0 Å². The zero-order valence-corrected chi connectivity index (χ0v) is 10.5. The van der Waals surface area contributed by atoms with Gasteiger partial charge in [0.2, 0.25) is 0 Å². The number of thioether (sulfide) groups is 1. The lowest BCUT2D eigenvalue weighted by Crippen LogP contribution is -2.45. The molecule has 3 unspecified atom stereocenters. The number of ether oxygens (including phenoxy) is 1. The lowest BCUT2D eigenvalue weighted by Gasteiger charge is -2.31. The number of nitrogens with one attached hydrogen (secondary N) is 1. The lowest BCUT2D eigenvalue weighted by atomic mass is 9.92. The first-order chi connectivity index (χ1) is 7.40. The van der Waals surface area contributed by atoms with Crippen LogP contribution < -0.4 is 5.32 Å². The molecule has 1 aliphatic heterocycles. The van der Waals surface area contributed by atoms with Gasteiger partial charge in [0.15, 0.2) is 0 Å². The van der Waals surface area contributed by atoms with E-state index in [4.69, 9.17) is 4.74 Å². The molecular weight excluding hydrogens is 206 g/mol. The molecule has 2 nitrogen and oxygen atoms in total. The molecule has 1 N–H and O–H groups in total. The fourth-order valence-corrected chi connectivity index (χ4v) is 3.91. The summed E-state index contributed by atoms with van der Waals surface area (Å²) in [6.07, 6.45) is 8.54. The fourth-order valence-electron chi connectivity index (χ4n) is 2.70. The first kappa shape index (κ1) is 11.7. The van der Waals surface area contributed by atoms with Crippen molar-refractivity contribution in [1.29, 1.82) is 0 Å². The normalized spacial score (nSPS) is 37.0. The van der Waals surface area contributed by atoms with Gasteiger partial charge in [0.1, 0.15) is 0 Å². The van der Waals surface area contributed by atoms with Crippen molar-refractivity contribution in [2.75, 3.05) is 19.4 Å². The van der Waals surface area contributed by atoms with Gasteiger partial charge in [-0.1, -0.05) is 12.8 Å². The van der Waals surface area contributed by atoms with Crippen molar-refractivity contribution in [2.45, 2.75) is 55.9 Å². The van der Waals surface area contributed by atoms with E-state index in [0.29, 0.717) is 12.1 Å². The topological polar surface area (TPSA) is 21.3 Å². The zero-order chi connectivity index (χ0) is 10.5. The molecule has 3 heteroatoms. The van der Waals surface area contributed by atoms with Crippen LogP contribution in [0.2, 0.25) is 0 Å². The van der Waals surface area contributed by atoms with E-state index in [2.05, 4.69) is 17.1 Å². The third-order valence-corrected chi connectivity index (χ3v) is 5.04. The highest BCUT2D eigenvalue weighted by Crippen LogP contribution is 2.26. The van der Waals surface area contributed by atoms with Gasteiger partial charge in [-0.15, -0.1) is 0 Å². The largest absolute Gasteiger partial charge is 0.380 e. The molecule has 1 aliphatic carbocycles. The number of rotatable bonds is 4. The molecule has 0 radical (unpaired) electrons. The van der Waals surface area contributed by atoms with Crippen molar-refractivity contribution >= 4 is 11.8 Å². The molecule has 1 saturated carbocycles. The van der Waals surface area contributed by atoms with Crippen LogP contribution in [0.15, 0.2) is 0 Å². The van der Waals surface area contributed by atoms with Gasteiger partial charge >= 0.3 is 0 Å². The molecule has 3 atom stereocenters. The first-order valence-corrected chi connectivity index (χ1v) is 7.33. The second kappa shape index (κ2) is 6.12. The Balaban J connectivity index is 1.71. The summed E-state index contributed by atoms with van der Waals surface area (Å²) >= 11 is 2.14. The quantitative estimate of drug-likeness (QED) is 0.800. The molecule has 1 heterocycles. The monoisotopic (exact) mass is 229 g/mol. The van der Waals surface area contributed by atoms with Crippen LogP contribution in [0, 0.1) is 0 Å². The van der Waals surface area contributed by atoms with Gasteiger partial charge in [-0.05, 0) is 31.4 Å². The summed E-state index contributed by atoms with van der Waals surface area (Å²) in [5.74, 6) is 1.37. The molecule has 1 saturated heterocycles. The summed E-state index contributed by atoms with van der Waals surface area (Å²) in [7, 11) is 1.86. The number of methoxy groups -OCH3 is 1. The van der Waals surface area contributed by atoms with Crippen molar-refractivity contribution in [3.05, 3.63) is 0 Å². The van der Waals surface area contributed by atoms with Gasteiger partial charge in [-0.25, -0.2) is 0 Å². The Hall–Kier alpha value is 0.270. The fraction of sp³-hybridized carbons (Fsp3) is 1.00. The molecule has 0 amide bonds. The Morgan fingerprint density at radius 3 is 2.80 bits per heavy atom. The van der Waals surface area contributed by atoms with Crippen LogP contribution in [0.5, 0.6) is 0 Å². The maximum Gasteiger partial charge on any atom is 0.0724 e. The summed E-state index contributed by atoms with van der Waals surface area (Å²) < 4.78 is 5.55. The van der Waals surface area contributed by atoms with E-state index in [1.165, 1.54) is 50.8 Å². The second-order valence-electron chi connectivity index (χ2n) is 4.71. The Labute approximate surface area is 97.5 Å². The maximum atomic E-state index is 5.55. The van der Waals surface area contributed by atoms with Crippen molar-refractivity contribution in [3.8, 4) is 0 Å². The molecule has 2 rings (SSSR count). The van der Waals surface area contributed by atoms with E-state index >= 15 is 0 Å². The van der Waals surface area contributed by atoms with Crippen LogP contribution in [-0.2, 0) is 4.74 Å². The van der Waals surface area contributed by atoms with Crippen LogP contribution in [0.4, 0.5) is 0 Å². The van der Waals surface area contributed by atoms with Gasteiger partial charge in [0, 0.05) is 24.9 Å². The molecule has 0 aromatic rings. The molecule has 0 spiro atoms. The van der Waals surface area contributed by atoms with Crippen LogP contribution in [0.25, 0.3) is 0 Å². The molecule has 2 aliphatic rings. The molecule has 0 bridgehead atoms. The van der Waals surface area contributed by atoms with Crippen LogP contribution in [-0.4, -0.2) is 36.8 Å². The molecule has 88 valence electrons. The van der Waals surface area contributed by atoms with E-state index in [1.807, 2.05) is 7.11 Å². The third kappa shape index (κ3) is 3.36. The van der Waals surface area contributed by atoms with Gasteiger partial charge in [-0.2, -0.15) is 11.8 Å². The summed E-state index contributed by atoms with van der Waals surface area (Å²) in [4.78, 5) is 0. The molecule has 0 aromatic carbocycles. The average molecular weight is 229 g/mol. The second-order valence-corrected chi connectivity index (χ2v) is 6.12. The SMILES string of the molecule is COC1CCCCC1NCC1CCCS1. The predicted molar refractivity (Wildman–Crippen MR) is 66.5 cm³/mol. The van der Waals surface area contributed by atoms with Crippen molar-refractivity contribution < 1.29 is 4.74 Å². The summed E-state index contributed by atoms with van der Waals surface area (Å²) in [5, 5.41) is 4.58. The van der Waals surface area contributed by atoms with Crippen LogP contribution in [0.1, 0.15) is 38.5 Å². The summed E-state index contributed by atoms with van der Waals surface area (Å²) in [6.45, 7) is 1.19. The highest BCUT2D eigenvalue weighted by atomic mass is 32.2. The van der Waals surface area contributed by atoms with Crippen molar-refractivity contribution in [3.63, 3.8) is 0 Å². The number of hydrogen-bond acceptors (Lipinski definition) is 3. The molecule has 2 fully saturated rings. The Morgan fingerprint density at radius 1 is 1.20 bits per heavy atom. The predicted octanol–water partition coefficient (Wildman–Crippen LogP) is 2.43. The molecule has 15 heavy (non-hydrogen) atoms. The van der Waals surface area contributed by atoms with E-state index < -0.39 is 0 Å². The maximum absolute atomic E-state index is 5.55. The minimum absolute atomic E-state index is 0.463. The smallest absolute Gasteiger partial charge is 0.0724 e. The van der Waals surface area contributed by atoms with Gasteiger partial charge in [-0.3, -0.25) is 0 Å². The summed E-state index contributed by atoms with van der Waals surface area (Å²) in [5.41, 5.74) is 0. The van der Waals surface area contributed by atoms with Crippen molar-refractivity contribution in [1.82, 2.24) is 5.32 Å². The van der Waals surface area contributed by atoms with Gasteiger partial charge in [0.25, 0.3) is 0 Å². The molecule has 0 aromatic heterocycles. The Bertz CT molecular complexity index is 182. The van der Waals surface area contributed by atoms with Crippen LogP contribution in [0.3, 0.4) is 0 Å². The lowest BCUT2D eigenvalue weighted by molar-refractivity contribution is 0.0420. The van der Waals surface area contributed by atoms with E-state index in [9.17, 15) is 0 Å². The zero-order valence-electron chi connectivity index (χ0n) is 9.71. The molecular formula is C12H23NOS. The standard InChI is InChI=1S/C12H23NOS/c1-14-12-7-3-2-6-11(12)13-9-10-5-4-8-15-10/h10-13H,2-9H2,1H3. The number of hydrogen-bond donors (Lipinski definition) is 1. The van der Waals surface area contributed by atoms with Crippen LogP contribution >= 0.6 is 11.8 Å².